The van der Waals surface area contributed by atoms with E-state index in [0.717, 1.165) is 24.0 Å². The molecule has 104 valence electrons. The zero-order valence-corrected chi connectivity index (χ0v) is 11.5. The summed E-state index contributed by atoms with van der Waals surface area (Å²) in [5.74, 6) is 0.508. The number of hydrogen-bond donors (Lipinski definition) is 3. The number of aromatic amines is 2. The quantitative estimate of drug-likeness (QED) is 0.670. The molecule has 0 spiro atoms. The third kappa shape index (κ3) is 2.25. The summed E-state index contributed by atoms with van der Waals surface area (Å²) in [5.41, 5.74) is 1.99. The van der Waals surface area contributed by atoms with Gasteiger partial charge in [-0.05, 0) is 20.2 Å². The molecule has 0 radical (unpaired) electrons. The fourth-order valence-electron chi connectivity index (χ4n) is 2.20. The highest BCUT2D eigenvalue weighted by Gasteiger charge is 2.09. The van der Waals surface area contributed by atoms with Crippen LogP contribution in [0.1, 0.15) is 0 Å². The zero-order valence-electron chi connectivity index (χ0n) is 11.5. The molecule has 3 rings (SSSR count). The molecule has 0 amide bonds. The lowest BCUT2D eigenvalue weighted by Gasteiger charge is -2.10. The van der Waals surface area contributed by atoms with Crippen molar-refractivity contribution in [2.45, 2.75) is 0 Å². The molecule has 2 aromatic heterocycles. The van der Waals surface area contributed by atoms with Crippen molar-refractivity contribution in [1.82, 2.24) is 19.9 Å². The smallest absolute Gasteiger partial charge is 0.276 e. The molecule has 0 bridgehead atoms. The van der Waals surface area contributed by atoms with Crippen LogP contribution < -0.4 is 10.9 Å². The third-order valence-electron chi connectivity index (χ3n) is 3.21. The first-order valence-corrected chi connectivity index (χ1v) is 6.54. The molecule has 20 heavy (non-hydrogen) atoms. The van der Waals surface area contributed by atoms with Crippen LogP contribution in [0.3, 0.4) is 0 Å². The number of hydrogen-bond acceptors (Lipinski definition) is 4. The first-order chi connectivity index (χ1) is 9.65. The molecule has 0 saturated carbocycles. The Morgan fingerprint density at radius 2 is 2.05 bits per heavy atom. The maximum atomic E-state index is 12.1. The van der Waals surface area contributed by atoms with Crippen molar-refractivity contribution in [2.24, 2.45) is 0 Å². The van der Waals surface area contributed by atoms with E-state index < -0.39 is 0 Å². The van der Waals surface area contributed by atoms with Gasteiger partial charge in [0.1, 0.15) is 11.0 Å². The second kappa shape index (κ2) is 4.97. The predicted molar refractivity (Wildman–Crippen MR) is 81.3 cm³/mol. The summed E-state index contributed by atoms with van der Waals surface area (Å²) in [6, 6.07) is 7.78. The van der Waals surface area contributed by atoms with Crippen molar-refractivity contribution < 1.29 is 0 Å². The summed E-state index contributed by atoms with van der Waals surface area (Å²) in [6.07, 6.45) is 0. The van der Waals surface area contributed by atoms with E-state index in [-0.39, 0.29) is 5.56 Å². The monoisotopic (exact) mass is 271 g/mol. The van der Waals surface area contributed by atoms with Crippen molar-refractivity contribution >= 4 is 27.9 Å². The SMILES string of the molecule is CN(C)CCNc1nc2c([nH]c3ccccc32)c(=O)[nH]1. The standard InChI is InChI=1S/C14H17N5O/c1-19(2)8-7-15-14-17-11-9-5-3-4-6-10(9)16-12(11)13(20)18-14/h3-6,16H,7-8H2,1-2H3,(H2,15,17,18,20). The number of rotatable bonds is 4. The van der Waals surface area contributed by atoms with Crippen molar-refractivity contribution in [1.29, 1.82) is 0 Å². The van der Waals surface area contributed by atoms with Crippen LogP contribution in [0.25, 0.3) is 21.9 Å². The molecule has 0 aliphatic heterocycles. The van der Waals surface area contributed by atoms with Crippen molar-refractivity contribution in [3.8, 4) is 0 Å². The summed E-state index contributed by atoms with van der Waals surface area (Å²) < 4.78 is 0. The van der Waals surface area contributed by atoms with Gasteiger partial charge in [0.25, 0.3) is 5.56 Å². The van der Waals surface area contributed by atoms with Gasteiger partial charge < -0.3 is 15.2 Å². The molecule has 2 heterocycles. The molecule has 3 aromatic rings. The Morgan fingerprint density at radius 1 is 1.25 bits per heavy atom. The minimum absolute atomic E-state index is 0.154. The Kier molecular flexibility index (Phi) is 3.15. The normalized spacial score (nSPS) is 11.6. The van der Waals surface area contributed by atoms with Crippen molar-refractivity contribution in [3.63, 3.8) is 0 Å². The Labute approximate surface area is 115 Å². The van der Waals surface area contributed by atoms with Crippen LogP contribution in [0.4, 0.5) is 5.95 Å². The Morgan fingerprint density at radius 3 is 2.85 bits per heavy atom. The summed E-state index contributed by atoms with van der Waals surface area (Å²) >= 11 is 0. The van der Waals surface area contributed by atoms with E-state index in [1.807, 2.05) is 38.4 Å². The van der Waals surface area contributed by atoms with E-state index in [1.165, 1.54) is 0 Å². The third-order valence-corrected chi connectivity index (χ3v) is 3.21. The van der Waals surface area contributed by atoms with E-state index >= 15 is 0 Å². The van der Waals surface area contributed by atoms with Gasteiger partial charge in [-0.3, -0.25) is 9.78 Å². The van der Waals surface area contributed by atoms with Gasteiger partial charge in [0.2, 0.25) is 5.95 Å². The number of nitrogens with zero attached hydrogens (tertiary/aromatic N) is 2. The van der Waals surface area contributed by atoms with Gasteiger partial charge in [0.15, 0.2) is 0 Å². The van der Waals surface area contributed by atoms with E-state index in [9.17, 15) is 4.79 Å². The minimum Gasteiger partial charge on any atom is -0.354 e. The summed E-state index contributed by atoms with van der Waals surface area (Å²) in [5, 5.41) is 4.10. The molecule has 0 saturated heterocycles. The molecular formula is C14H17N5O. The summed E-state index contributed by atoms with van der Waals surface area (Å²) in [4.78, 5) is 24.5. The number of likely N-dealkylation sites (N-methyl/N-ethyl adjacent to an activating group) is 1. The van der Waals surface area contributed by atoms with E-state index in [4.69, 9.17) is 0 Å². The van der Waals surface area contributed by atoms with Crippen LogP contribution in [0.15, 0.2) is 29.1 Å². The van der Waals surface area contributed by atoms with Crippen LogP contribution in [-0.4, -0.2) is 47.0 Å². The highest BCUT2D eigenvalue weighted by atomic mass is 16.1. The maximum absolute atomic E-state index is 12.1. The van der Waals surface area contributed by atoms with Gasteiger partial charge >= 0.3 is 0 Å². The predicted octanol–water partition coefficient (Wildman–Crippen LogP) is 1.38. The summed E-state index contributed by atoms with van der Waals surface area (Å²) in [7, 11) is 4.00. The molecule has 0 unspecified atom stereocenters. The first-order valence-electron chi connectivity index (χ1n) is 6.54. The van der Waals surface area contributed by atoms with Gasteiger partial charge in [0, 0.05) is 24.0 Å². The van der Waals surface area contributed by atoms with Gasteiger partial charge in [-0.25, -0.2) is 4.98 Å². The van der Waals surface area contributed by atoms with Crippen LogP contribution >= 0.6 is 0 Å². The highest BCUT2D eigenvalue weighted by Crippen LogP contribution is 2.21. The average molecular weight is 271 g/mol. The second-order valence-electron chi connectivity index (χ2n) is 5.04. The minimum atomic E-state index is -0.154. The molecule has 6 heteroatoms. The number of fused-ring (bicyclic) bond motifs is 3. The first kappa shape index (κ1) is 12.7. The molecule has 1 aromatic carbocycles. The van der Waals surface area contributed by atoms with Gasteiger partial charge in [-0.15, -0.1) is 0 Å². The van der Waals surface area contributed by atoms with Crippen molar-refractivity contribution in [3.05, 3.63) is 34.6 Å². The van der Waals surface area contributed by atoms with Crippen LogP contribution in [-0.2, 0) is 0 Å². The van der Waals surface area contributed by atoms with Crippen LogP contribution in [0.5, 0.6) is 0 Å². The zero-order chi connectivity index (χ0) is 14.1. The number of aromatic nitrogens is 3. The molecule has 0 aliphatic carbocycles. The van der Waals surface area contributed by atoms with Gasteiger partial charge in [-0.2, -0.15) is 0 Å². The Balaban J connectivity index is 2.03. The van der Waals surface area contributed by atoms with Crippen LogP contribution in [0.2, 0.25) is 0 Å². The molecule has 6 nitrogen and oxygen atoms in total. The average Bonchev–Trinajstić information content (AvgIpc) is 2.78. The fourth-order valence-corrected chi connectivity index (χ4v) is 2.20. The lowest BCUT2D eigenvalue weighted by Crippen LogP contribution is -2.22. The molecule has 0 fully saturated rings. The van der Waals surface area contributed by atoms with Gasteiger partial charge in [-0.1, -0.05) is 18.2 Å². The lowest BCUT2D eigenvalue weighted by molar-refractivity contribution is 0.425. The summed E-state index contributed by atoms with van der Waals surface area (Å²) in [6.45, 7) is 1.60. The Hall–Kier alpha value is -2.34. The van der Waals surface area contributed by atoms with E-state index in [0.29, 0.717) is 17.0 Å². The number of benzene rings is 1. The largest absolute Gasteiger partial charge is 0.354 e. The fraction of sp³-hybridized carbons (Fsp3) is 0.286. The molecule has 0 atom stereocenters. The molecule has 0 aliphatic rings. The second-order valence-corrected chi connectivity index (χ2v) is 5.04. The van der Waals surface area contributed by atoms with E-state index in [1.54, 1.807) is 0 Å². The van der Waals surface area contributed by atoms with E-state index in [2.05, 4.69) is 25.2 Å². The van der Waals surface area contributed by atoms with Gasteiger partial charge in [0.05, 0.1) is 0 Å². The number of H-pyrrole nitrogens is 2. The number of nitrogens with one attached hydrogen (secondary N) is 3. The molecule has 3 N–H and O–H groups in total. The van der Waals surface area contributed by atoms with Crippen LogP contribution in [0, 0.1) is 0 Å². The number of anilines is 1. The highest BCUT2D eigenvalue weighted by molar-refractivity contribution is 6.04. The lowest BCUT2D eigenvalue weighted by atomic mass is 10.2. The maximum Gasteiger partial charge on any atom is 0.276 e. The number of para-hydroxylation sites is 1. The molecular weight excluding hydrogens is 254 g/mol. The topological polar surface area (TPSA) is 76.8 Å². The van der Waals surface area contributed by atoms with Crippen molar-refractivity contribution in [2.75, 3.05) is 32.5 Å². The Bertz CT molecular complexity index is 802.